The van der Waals surface area contributed by atoms with Gasteiger partial charge in [0.25, 0.3) is 11.9 Å². The molecule has 4 rings (SSSR count). The highest BCUT2D eigenvalue weighted by atomic mass is 35.5. The number of hydrazone groups is 1. The monoisotopic (exact) mass is 428 g/mol. The Morgan fingerprint density at radius 2 is 2.13 bits per heavy atom. The van der Waals surface area contributed by atoms with E-state index in [0.29, 0.717) is 17.7 Å². The van der Waals surface area contributed by atoms with Crippen LogP contribution in [0.5, 0.6) is 5.75 Å². The van der Waals surface area contributed by atoms with Gasteiger partial charge >= 0.3 is 0 Å². The zero-order valence-electron chi connectivity index (χ0n) is 15.5. The van der Waals surface area contributed by atoms with Crippen LogP contribution >= 0.6 is 11.6 Å². The van der Waals surface area contributed by atoms with Crippen molar-refractivity contribution in [3.8, 4) is 5.75 Å². The van der Waals surface area contributed by atoms with Crippen molar-refractivity contribution in [3.05, 3.63) is 69.5 Å². The van der Waals surface area contributed by atoms with E-state index < -0.39 is 17.6 Å². The maximum Gasteiger partial charge on any atom is 0.287 e. The van der Waals surface area contributed by atoms with Gasteiger partial charge in [-0.25, -0.2) is 9.49 Å². The first kappa shape index (κ1) is 19.5. The number of aromatic amines is 1. The van der Waals surface area contributed by atoms with Gasteiger partial charge in [-0.15, -0.1) is 5.10 Å². The summed E-state index contributed by atoms with van der Waals surface area (Å²) in [6, 6.07) is 9.74. The number of hydrogen-bond donors (Lipinski definition) is 2. The van der Waals surface area contributed by atoms with Gasteiger partial charge in [0.1, 0.15) is 17.1 Å². The Hall–Kier alpha value is -3.79. The number of benzene rings is 2. The number of nitrogens with one attached hydrogen (secondary N) is 1. The molecule has 30 heavy (non-hydrogen) atoms. The molecule has 1 amide bonds. The molecule has 2 N–H and O–H groups in total. The molecule has 0 unspecified atom stereocenters. The third-order valence-corrected chi connectivity index (χ3v) is 4.68. The zero-order valence-corrected chi connectivity index (χ0v) is 16.3. The van der Waals surface area contributed by atoms with Crippen molar-refractivity contribution in [1.29, 1.82) is 0 Å². The highest BCUT2D eigenvalue weighted by Gasteiger charge is 2.33. The predicted molar refractivity (Wildman–Crippen MR) is 107 cm³/mol. The topological polar surface area (TPSA) is 117 Å². The Morgan fingerprint density at radius 3 is 2.83 bits per heavy atom. The van der Waals surface area contributed by atoms with Crippen LogP contribution < -0.4 is 9.75 Å². The first-order valence-electron chi connectivity index (χ1n) is 8.65. The number of carbonyl (C=O) groups is 1. The normalized spacial score (nSPS) is 15.0. The summed E-state index contributed by atoms with van der Waals surface area (Å²) in [5.41, 5.74) is 2.18. The number of anilines is 1. The Kier molecular flexibility index (Phi) is 5.15. The van der Waals surface area contributed by atoms with E-state index in [1.807, 2.05) is 0 Å². The molecule has 0 spiro atoms. The van der Waals surface area contributed by atoms with E-state index in [1.165, 1.54) is 19.3 Å². The number of aliphatic hydroxyl groups is 1. The fourth-order valence-corrected chi connectivity index (χ4v) is 3.18. The number of ether oxygens (including phenoxy) is 1. The Morgan fingerprint density at radius 1 is 1.30 bits per heavy atom. The molecule has 2 heterocycles. The minimum Gasteiger partial charge on any atom is -0.496 e. The van der Waals surface area contributed by atoms with Crippen molar-refractivity contribution in [2.45, 2.75) is 6.42 Å². The molecule has 11 heteroatoms. The van der Waals surface area contributed by atoms with Crippen molar-refractivity contribution >= 4 is 35.4 Å². The summed E-state index contributed by atoms with van der Waals surface area (Å²) in [5, 5.41) is 27.6. The van der Waals surface area contributed by atoms with Gasteiger partial charge in [-0.1, -0.05) is 28.8 Å². The number of rotatable bonds is 5. The standard InChI is InChI=1S/C19H14ClFN6O3/c1-30-16-5-3-10(6-12(16)7-11-2-4-15(21)14(20)9-11)8-13-17(28)24-27(18(13)29)19-22-25-26-23-19/h2-6,8-9H,7H2,1H3,(H,24,28)(H,22,23,25,26)/b13-8-. The molecule has 0 bridgehead atoms. The average molecular weight is 429 g/mol. The molecule has 0 atom stereocenters. The van der Waals surface area contributed by atoms with Crippen LogP contribution in [0.25, 0.3) is 6.08 Å². The first-order valence-corrected chi connectivity index (χ1v) is 9.02. The molecule has 3 aromatic rings. The molecule has 0 radical (unpaired) electrons. The van der Waals surface area contributed by atoms with Gasteiger partial charge in [0.2, 0.25) is 5.90 Å². The quantitative estimate of drug-likeness (QED) is 0.603. The molecule has 0 aliphatic carbocycles. The van der Waals surface area contributed by atoms with Gasteiger partial charge in [0.15, 0.2) is 0 Å². The number of H-pyrrole nitrogens is 1. The van der Waals surface area contributed by atoms with Crippen molar-refractivity contribution in [2.75, 3.05) is 12.1 Å². The molecule has 0 saturated carbocycles. The minimum atomic E-state index is -0.589. The number of amides is 1. The van der Waals surface area contributed by atoms with Crippen LogP contribution in [0.1, 0.15) is 16.7 Å². The maximum atomic E-state index is 13.4. The number of aromatic nitrogens is 4. The lowest BCUT2D eigenvalue weighted by atomic mass is 10.0. The lowest BCUT2D eigenvalue weighted by Gasteiger charge is -2.11. The summed E-state index contributed by atoms with van der Waals surface area (Å²) in [6.07, 6.45) is 1.91. The van der Waals surface area contributed by atoms with Crippen molar-refractivity contribution in [2.24, 2.45) is 5.10 Å². The number of nitrogens with zero attached hydrogens (tertiary/aromatic N) is 5. The molecular formula is C19H14ClFN6O3. The lowest BCUT2D eigenvalue weighted by Crippen LogP contribution is -2.22. The number of tetrazole rings is 1. The molecule has 2 aromatic carbocycles. The summed E-state index contributed by atoms with van der Waals surface area (Å²) < 4.78 is 18.8. The van der Waals surface area contributed by atoms with Gasteiger partial charge in [-0.2, -0.15) is 5.01 Å². The second-order valence-electron chi connectivity index (χ2n) is 6.32. The van der Waals surface area contributed by atoms with Crippen LogP contribution in [0.3, 0.4) is 0 Å². The second kappa shape index (κ2) is 7.91. The van der Waals surface area contributed by atoms with Crippen molar-refractivity contribution in [3.63, 3.8) is 0 Å². The highest BCUT2D eigenvalue weighted by molar-refractivity contribution is 6.30. The second-order valence-corrected chi connectivity index (χ2v) is 6.73. The molecule has 9 nitrogen and oxygen atoms in total. The van der Waals surface area contributed by atoms with Gasteiger partial charge in [0, 0.05) is 6.42 Å². The largest absolute Gasteiger partial charge is 0.496 e. The summed E-state index contributed by atoms with van der Waals surface area (Å²) in [5.74, 6) is -0.944. The fraction of sp³-hybridized carbons (Fsp3) is 0.105. The van der Waals surface area contributed by atoms with E-state index >= 15 is 0 Å². The van der Waals surface area contributed by atoms with Crippen molar-refractivity contribution in [1.82, 2.24) is 20.6 Å². The van der Waals surface area contributed by atoms with Gasteiger partial charge in [0.05, 0.1) is 12.1 Å². The third-order valence-electron chi connectivity index (χ3n) is 4.39. The van der Waals surface area contributed by atoms with Crippen LogP contribution in [0.2, 0.25) is 5.02 Å². The van der Waals surface area contributed by atoms with E-state index in [9.17, 15) is 14.3 Å². The van der Waals surface area contributed by atoms with E-state index in [2.05, 4.69) is 25.7 Å². The highest BCUT2D eigenvalue weighted by Crippen LogP contribution is 2.27. The number of methoxy groups -OCH3 is 1. The zero-order chi connectivity index (χ0) is 21.3. The Balaban J connectivity index is 1.65. The molecule has 1 aliphatic rings. The minimum absolute atomic E-state index is 0.0152. The number of carbonyl (C=O) groups excluding carboxylic acids is 1. The smallest absolute Gasteiger partial charge is 0.287 e. The maximum absolute atomic E-state index is 13.4. The van der Waals surface area contributed by atoms with E-state index in [1.54, 1.807) is 30.3 Å². The number of halogens is 2. The van der Waals surface area contributed by atoms with Crippen LogP contribution in [0.15, 0.2) is 47.1 Å². The molecule has 1 aromatic heterocycles. The van der Waals surface area contributed by atoms with Crippen LogP contribution in [0.4, 0.5) is 10.3 Å². The summed E-state index contributed by atoms with van der Waals surface area (Å²) in [7, 11) is 1.54. The SMILES string of the molecule is COc1ccc(/C=C2\C(=O)N(c3nnn[nH]3)N=C2O)cc1Cc1ccc(F)c(Cl)c1. The first-order chi connectivity index (χ1) is 14.5. The van der Waals surface area contributed by atoms with Crippen LogP contribution in [-0.2, 0) is 11.2 Å². The summed E-state index contributed by atoms with van der Waals surface area (Å²) in [6.45, 7) is 0. The van der Waals surface area contributed by atoms with Crippen LogP contribution in [0, 0.1) is 5.82 Å². The molecule has 0 saturated heterocycles. The average Bonchev–Trinajstić information content (AvgIpc) is 3.35. The van der Waals surface area contributed by atoms with Gasteiger partial charge in [-0.3, -0.25) is 4.79 Å². The summed E-state index contributed by atoms with van der Waals surface area (Å²) >= 11 is 5.87. The predicted octanol–water partition coefficient (Wildman–Crippen LogP) is 2.89. The molecule has 1 aliphatic heterocycles. The summed E-state index contributed by atoms with van der Waals surface area (Å²) in [4.78, 5) is 12.6. The van der Waals surface area contributed by atoms with Gasteiger partial charge in [-0.05, 0) is 57.5 Å². The van der Waals surface area contributed by atoms with Crippen molar-refractivity contribution < 1.29 is 19.0 Å². The molecule has 152 valence electrons. The Labute approximate surface area is 174 Å². The van der Waals surface area contributed by atoms with Crippen LogP contribution in [-0.4, -0.2) is 44.6 Å². The lowest BCUT2D eigenvalue weighted by molar-refractivity contribution is -0.114. The molecule has 0 fully saturated rings. The number of aliphatic hydroxyl groups excluding tert-OH is 1. The molecular weight excluding hydrogens is 415 g/mol. The van der Waals surface area contributed by atoms with E-state index in [4.69, 9.17) is 16.3 Å². The van der Waals surface area contributed by atoms with E-state index in [-0.39, 0.29) is 16.5 Å². The Bertz CT molecular complexity index is 1180. The van der Waals surface area contributed by atoms with Gasteiger partial charge < -0.3 is 9.84 Å². The van der Waals surface area contributed by atoms with E-state index in [0.717, 1.165) is 16.1 Å². The third kappa shape index (κ3) is 3.72. The fourth-order valence-electron chi connectivity index (χ4n) is 2.98. The number of hydrogen-bond acceptors (Lipinski definition) is 6.